The van der Waals surface area contributed by atoms with E-state index in [4.69, 9.17) is 0 Å². The molecule has 0 unspecified atom stereocenters. The van der Waals surface area contributed by atoms with Crippen LogP contribution in [0.5, 0.6) is 0 Å². The third-order valence-corrected chi connectivity index (χ3v) is 3.55. The average Bonchev–Trinajstić information content (AvgIpc) is 2.68. The van der Waals surface area contributed by atoms with E-state index in [0.717, 1.165) is 23.4 Å². The number of hydrogen-bond acceptors (Lipinski definition) is 2. The van der Waals surface area contributed by atoms with Crippen LogP contribution in [0.3, 0.4) is 0 Å². The molecule has 1 N–H and O–H groups in total. The molecule has 1 heterocycles. The number of rotatable bonds is 5. The van der Waals surface area contributed by atoms with Crippen LogP contribution in [0, 0.1) is 6.92 Å². The van der Waals surface area contributed by atoms with E-state index in [2.05, 4.69) is 69.8 Å². The van der Waals surface area contributed by atoms with Gasteiger partial charge in [-0.2, -0.15) is 0 Å². The number of nitrogens with zero attached hydrogens (tertiary/aromatic N) is 2. The van der Waals surface area contributed by atoms with E-state index in [0.29, 0.717) is 6.04 Å². The van der Waals surface area contributed by atoms with Crippen molar-refractivity contribution < 1.29 is 0 Å². The number of aromatic nitrogens is 2. The predicted octanol–water partition coefficient (Wildman–Crippen LogP) is 3.50. The summed E-state index contributed by atoms with van der Waals surface area (Å²) < 4.78 is 3.38. The van der Waals surface area contributed by atoms with Crippen molar-refractivity contribution in [3.8, 4) is 0 Å². The second-order valence-corrected chi connectivity index (χ2v) is 5.96. The van der Waals surface area contributed by atoms with Crippen LogP contribution in [0.4, 0.5) is 0 Å². The second-order valence-electron chi connectivity index (χ2n) is 5.05. The first-order chi connectivity index (χ1) is 9.06. The van der Waals surface area contributed by atoms with Gasteiger partial charge in [0.1, 0.15) is 5.82 Å². The van der Waals surface area contributed by atoms with E-state index < -0.39 is 0 Å². The Morgan fingerprint density at radius 1 is 1.37 bits per heavy atom. The van der Waals surface area contributed by atoms with Crippen molar-refractivity contribution in [2.45, 2.75) is 39.9 Å². The highest BCUT2D eigenvalue weighted by Gasteiger charge is 2.07. The van der Waals surface area contributed by atoms with Crippen LogP contribution in [-0.4, -0.2) is 15.6 Å². The molecule has 0 atom stereocenters. The first-order valence-corrected chi connectivity index (χ1v) is 7.34. The van der Waals surface area contributed by atoms with Crippen LogP contribution in [0.1, 0.15) is 30.9 Å². The van der Waals surface area contributed by atoms with Gasteiger partial charge in [0.15, 0.2) is 0 Å². The highest BCUT2D eigenvalue weighted by molar-refractivity contribution is 9.10. The van der Waals surface area contributed by atoms with Crippen molar-refractivity contribution in [1.82, 2.24) is 14.9 Å². The minimum absolute atomic E-state index is 0.481. The Bertz CT molecular complexity index is 546. The van der Waals surface area contributed by atoms with Crippen molar-refractivity contribution in [2.75, 3.05) is 0 Å². The van der Waals surface area contributed by atoms with Crippen molar-refractivity contribution >= 4 is 15.9 Å². The number of benzene rings is 1. The average molecular weight is 322 g/mol. The lowest BCUT2D eigenvalue weighted by atomic mass is 10.2. The Morgan fingerprint density at radius 2 is 2.16 bits per heavy atom. The Morgan fingerprint density at radius 3 is 2.84 bits per heavy atom. The molecule has 2 aromatic rings. The highest BCUT2D eigenvalue weighted by Crippen LogP contribution is 2.15. The molecule has 0 saturated heterocycles. The lowest BCUT2D eigenvalue weighted by molar-refractivity contribution is 0.562. The first kappa shape index (κ1) is 14.3. The summed E-state index contributed by atoms with van der Waals surface area (Å²) in [4.78, 5) is 4.42. The molecule has 1 aromatic carbocycles. The molecule has 0 fully saturated rings. The molecular formula is C15H20BrN3. The maximum atomic E-state index is 4.42. The van der Waals surface area contributed by atoms with Crippen molar-refractivity contribution in [2.24, 2.45) is 0 Å². The second kappa shape index (κ2) is 6.35. The monoisotopic (exact) mass is 321 g/mol. The maximum Gasteiger partial charge on any atom is 0.106 e. The number of imidazole rings is 1. The third-order valence-electron chi connectivity index (χ3n) is 3.06. The van der Waals surface area contributed by atoms with Crippen molar-refractivity contribution in [3.63, 3.8) is 0 Å². The summed E-state index contributed by atoms with van der Waals surface area (Å²) >= 11 is 3.52. The first-order valence-electron chi connectivity index (χ1n) is 6.55. The lowest BCUT2D eigenvalue weighted by Crippen LogP contribution is -2.23. The molecule has 0 saturated carbocycles. The van der Waals surface area contributed by atoms with Crippen LogP contribution < -0.4 is 5.32 Å². The molecule has 0 amide bonds. The minimum Gasteiger partial charge on any atom is -0.327 e. The highest BCUT2D eigenvalue weighted by atomic mass is 79.9. The maximum absolute atomic E-state index is 4.42. The van der Waals surface area contributed by atoms with Crippen LogP contribution in [-0.2, 0) is 13.1 Å². The summed E-state index contributed by atoms with van der Waals surface area (Å²) in [7, 11) is 0. The summed E-state index contributed by atoms with van der Waals surface area (Å²) in [6.07, 6.45) is 1.96. The largest absolute Gasteiger partial charge is 0.327 e. The van der Waals surface area contributed by atoms with Crippen LogP contribution in [0.25, 0.3) is 0 Å². The molecule has 3 nitrogen and oxygen atoms in total. The number of halogens is 1. The van der Waals surface area contributed by atoms with Gasteiger partial charge in [0.2, 0.25) is 0 Å². The van der Waals surface area contributed by atoms with Crippen molar-refractivity contribution in [3.05, 3.63) is 52.0 Å². The van der Waals surface area contributed by atoms with Crippen LogP contribution in [0.2, 0.25) is 0 Å². The molecule has 4 heteroatoms. The Labute approximate surface area is 123 Å². The lowest BCUT2D eigenvalue weighted by Gasteiger charge is -2.13. The fourth-order valence-corrected chi connectivity index (χ4v) is 2.45. The summed E-state index contributed by atoms with van der Waals surface area (Å²) in [5.41, 5.74) is 2.51. The summed E-state index contributed by atoms with van der Waals surface area (Å²) in [5.74, 6) is 1.06. The number of nitrogens with one attached hydrogen (secondary N) is 1. The van der Waals surface area contributed by atoms with E-state index >= 15 is 0 Å². The minimum atomic E-state index is 0.481. The fourth-order valence-electron chi connectivity index (χ4n) is 2.00. The molecule has 0 spiro atoms. The Hall–Kier alpha value is -1.13. The van der Waals surface area contributed by atoms with E-state index in [1.165, 1.54) is 11.3 Å². The van der Waals surface area contributed by atoms with Gasteiger partial charge in [-0.15, -0.1) is 0 Å². The normalized spacial score (nSPS) is 11.2. The topological polar surface area (TPSA) is 29.9 Å². The van der Waals surface area contributed by atoms with Gasteiger partial charge in [0.25, 0.3) is 0 Å². The van der Waals surface area contributed by atoms with Gasteiger partial charge >= 0.3 is 0 Å². The standard InChI is InChI=1S/C15H20BrN3/c1-11(2)17-8-15-9-18-12(3)19(15)10-13-5-4-6-14(16)7-13/h4-7,9,11,17H,8,10H2,1-3H3. The molecule has 0 aliphatic carbocycles. The van der Waals surface area contributed by atoms with Gasteiger partial charge in [-0.25, -0.2) is 4.98 Å². The smallest absolute Gasteiger partial charge is 0.106 e. The SMILES string of the molecule is Cc1ncc(CNC(C)C)n1Cc1cccc(Br)c1. The summed E-state index contributed by atoms with van der Waals surface area (Å²) in [5, 5.41) is 3.44. The summed E-state index contributed by atoms with van der Waals surface area (Å²) in [6, 6.07) is 8.89. The molecule has 19 heavy (non-hydrogen) atoms. The van der Waals surface area contributed by atoms with Crippen molar-refractivity contribution in [1.29, 1.82) is 0 Å². The summed E-state index contributed by atoms with van der Waals surface area (Å²) in [6.45, 7) is 8.08. The fraction of sp³-hybridized carbons (Fsp3) is 0.400. The molecule has 0 bridgehead atoms. The Balaban J connectivity index is 2.17. The van der Waals surface area contributed by atoms with E-state index in [1.807, 2.05) is 12.3 Å². The Kier molecular flexibility index (Phi) is 4.77. The van der Waals surface area contributed by atoms with E-state index in [1.54, 1.807) is 0 Å². The molecule has 102 valence electrons. The third kappa shape index (κ3) is 3.91. The van der Waals surface area contributed by atoms with Gasteiger partial charge < -0.3 is 9.88 Å². The van der Waals surface area contributed by atoms with Crippen LogP contribution in [0.15, 0.2) is 34.9 Å². The zero-order valence-electron chi connectivity index (χ0n) is 11.7. The van der Waals surface area contributed by atoms with Gasteiger partial charge in [0.05, 0.1) is 5.69 Å². The number of aryl methyl sites for hydroxylation is 1. The van der Waals surface area contributed by atoms with Crippen LogP contribution >= 0.6 is 15.9 Å². The van der Waals surface area contributed by atoms with Gasteiger partial charge in [-0.3, -0.25) is 0 Å². The molecule has 0 aliphatic rings. The number of hydrogen-bond donors (Lipinski definition) is 1. The molecule has 1 aromatic heterocycles. The molecule has 0 aliphatic heterocycles. The van der Waals surface area contributed by atoms with Gasteiger partial charge in [-0.05, 0) is 24.6 Å². The predicted molar refractivity (Wildman–Crippen MR) is 82.2 cm³/mol. The quantitative estimate of drug-likeness (QED) is 0.913. The molecule has 2 rings (SSSR count). The van der Waals surface area contributed by atoms with Gasteiger partial charge in [-0.1, -0.05) is 41.9 Å². The van der Waals surface area contributed by atoms with Gasteiger partial charge in [0, 0.05) is 29.8 Å². The molecular weight excluding hydrogens is 302 g/mol. The molecule has 0 radical (unpaired) electrons. The zero-order valence-corrected chi connectivity index (χ0v) is 13.2. The van der Waals surface area contributed by atoms with E-state index in [9.17, 15) is 0 Å². The zero-order chi connectivity index (χ0) is 13.8. The van der Waals surface area contributed by atoms with E-state index in [-0.39, 0.29) is 0 Å².